The number of amides is 1. The monoisotopic (exact) mass is 318 g/mol. The van der Waals surface area contributed by atoms with Crippen LogP contribution in [0.4, 0.5) is 0 Å². The summed E-state index contributed by atoms with van der Waals surface area (Å²) in [4.78, 5) is 27.7. The molecule has 0 saturated heterocycles. The van der Waals surface area contributed by atoms with Crippen molar-refractivity contribution in [3.05, 3.63) is 65.4 Å². The van der Waals surface area contributed by atoms with Gasteiger partial charge in [-0.15, -0.1) is 0 Å². The minimum Gasteiger partial charge on any atom is -0.478 e. The van der Waals surface area contributed by atoms with Crippen molar-refractivity contribution in [2.75, 3.05) is 6.54 Å². The zero-order chi connectivity index (χ0) is 16.7. The molecule has 3 aromatic rings. The average Bonchev–Trinajstić information content (AvgIpc) is 2.60. The molecule has 0 bridgehead atoms. The number of nitrogens with zero attached hydrogens (tertiary/aromatic N) is 1. The van der Waals surface area contributed by atoms with Crippen LogP contribution < -0.4 is 5.32 Å². The number of pyridine rings is 1. The van der Waals surface area contributed by atoms with E-state index >= 15 is 0 Å². The van der Waals surface area contributed by atoms with E-state index in [0.717, 1.165) is 23.1 Å². The van der Waals surface area contributed by atoms with Crippen LogP contribution >= 0.6 is 0 Å². The second kappa shape index (κ2) is 5.45. The highest BCUT2D eigenvalue weighted by atomic mass is 16.4. The fourth-order valence-corrected chi connectivity index (χ4v) is 3.10. The van der Waals surface area contributed by atoms with Gasteiger partial charge in [-0.2, -0.15) is 0 Å². The zero-order valence-corrected chi connectivity index (χ0v) is 12.7. The molecule has 1 aliphatic rings. The number of carbonyl (C=O) groups is 2. The number of nitrogens with one attached hydrogen (secondary N) is 1. The van der Waals surface area contributed by atoms with Crippen LogP contribution in [0.5, 0.6) is 0 Å². The van der Waals surface area contributed by atoms with Crippen LogP contribution in [0.3, 0.4) is 0 Å². The standard InChI is InChI=1S/C19H14N2O3/c22-18-15-9-12(2-1-11(15)5-7-21-18)13-3-4-17-16(10-13)14(19(23)24)6-8-20-17/h1-4,6,8-10H,5,7H2,(H,21,22)(H,23,24). The Balaban J connectivity index is 1.88. The number of aromatic nitrogens is 1. The van der Waals surface area contributed by atoms with Crippen molar-refractivity contribution in [2.45, 2.75) is 6.42 Å². The Kier molecular flexibility index (Phi) is 3.27. The largest absolute Gasteiger partial charge is 0.478 e. The predicted molar refractivity (Wildman–Crippen MR) is 90.2 cm³/mol. The predicted octanol–water partition coefficient (Wildman–Crippen LogP) is 2.89. The maximum absolute atomic E-state index is 12.0. The number of benzene rings is 2. The summed E-state index contributed by atoms with van der Waals surface area (Å²) in [7, 11) is 0. The highest BCUT2D eigenvalue weighted by molar-refractivity contribution is 6.04. The van der Waals surface area contributed by atoms with Gasteiger partial charge < -0.3 is 10.4 Å². The van der Waals surface area contributed by atoms with E-state index in [4.69, 9.17) is 0 Å². The molecule has 0 saturated carbocycles. The maximum atomic E-state index is 12.0. The zero-order valence-electron chi connectivity index (χ0n) is 12.7. The Morgan fingerprint density at radius 1 is 1.08 bits per heavy atom. The summed E-state index contributed by atoms with van der Waals surface area (Å²) in [5, 5.41) is 12.8. The number of fused-ring (bicyclic) bond motifs is 2. The maximum Gasteiger partial charge on any atom is 0.336 e. The van der Waals surface area contributed by atoms with Gasteiger partial charge in [-0.25, -0.2) is 4.79 Å². The first-order valence-corrected chi connectivity index (χ1v) is 7.67. The van der Waals surface area contributed by atoms with E-state index < -0.39 is 5.97 Å². The first-order chi connectivity index (χ1) is 11.6. The lowest BCUT2D eigenvalue weighted by atomic mass is 9.94. The molecule has 1 aromatic heterocycles. The van der Waals surface area contributed by atoms with Gasteiger partial charge in [-0.05, 0) is 47.4 Å². The highest BCUT2D eigenvalue weighted by Crippen LogP contribution is 2.28. The van der Waals surface area contributed by atoms with Gasteiger partial charge in [0.05, 0.1) is 11.1 Å². The second-order valence-corrected chi connectivity index (χ2v) is 5.77. The molecule has 2 N–H and O–H groups in total. The van der Waals surface area contributed by atoms with Gasteiger partial charge in [0.2, 0.25) is 0 Å². The van der Waals surface area contributed by atoms with Gasteiger partial charge in [0.1, 0.15) is 0 Å². The fraction of sp³-hybridized carbons (Fsp3) is 0.105. The lowest BCUT2D eigenvalue weighted by Crippen LogP contribution is -2.31. The van der Waals surface area contributed by atoms with Crippen LogP contribution in [0.1, 0.15) is 26.3 Å². The molecule has 2 heterocycles. The summed E-state index contributed by atoms with van der Waals surface area (Å²) in [5.41, 5.74) is 4.32. The first kappa shape index (κ1) is 14.4. The van der Waals surface area contributed by atoms with Crippen molar-refractivity contribution in [1.29, 1.82) is 0 Å². The Labute approximate surface area is 138 Å². The van der Waals surface area contributed by atoms with E-state index in [2.05, 4.69) is 10.3 Å². The molecular weight excluding hydrogens is 304 g/mol. The topological polar surface area (TPSA) is 79.3 Å². The van der Waals surface area contributed by atoms with Gasteiger partial charge >= 0.3 is 5.97 Å². The first-order valence-electron chi connectivity index (χ1n) is 7.67. The van der Waals surface area contributed by atoms with Crippen molar-refractivity contribution >= 4 is 22.8 Å². The van der Waals surface area contributed by atoms with Crippen molar-refractivity contribution < 1.29 is 14.7 Å². The summed E-state index contributed by atoms with van der Waals surface area (Å²) in [6.45, 7) is 0.662. The number of aromatic carboxylic acids is 1. The van der Waals surface area contributed by atoms with Gasteiger partial charge in [0.25, 0.3) is 5.91 Å². The Bertz CT molecular complexity index is 995. The second-order valence-electron chi connectivity index (χ2n) is 5.77. The van der Waals surface area contributed by atoms with Crippen LogP contribution in [-0.4, -0.2) is 28.5 Å². The van der Waals surface area contributed by atoms with Crippen LogP contribution in [0, 0.1) is 0 Å². The normalized spacial score (nSPS) is 13.4. The van der Waals surface area contributed by atoms with E-state index in [9.17, 15) is 14.7 Å². The molecule has 2 aromatic carbocycles. The van der Waals surface area contributed by atoms with Gasteiger partial charge in [0, 0.05) is 23.7 Å². The van der Waals surface area contributed by atoms with Crippen molar-refractivity contribution in [1.82, 2.24) is 10.3 Å². The summed E-state index contributed by atoms with van der Waals surface area (Å²) in [6, 6.07) is 12.8. The molecule has 0 spiro atoms. The molecule has 4 rings (SSSR count). The van der Waals surface area contributed by atoms with Crippen molar-refractivity contribution in [2.24, 2.45) is 0 Å². The molecule has 0 radical (unpaired) electrons. The molecule has 0 aliphatic carbocycles. The van der Waals surface area contributed by atoms with Gasteiger partial charge in [-0.3, -0.25) is 9.78 Å². The van der Waals surface area contributed by atoms with E-state index in [-0.39, 0.29) is 11.5 Å². The number of carboxylic acid groups (broad SMARTS) is 1. The van der Waals surface area contributed by atoms with Crippen molar-refractivity contribution in [3.63, 3.8) is 0 Å². The summed E-state index contributed by atoms with van der Waals surface area (Å²) >= 11 is 0. The third kappa shape index (κ3) is 2.31. The highest BCUT2D eigenvalue weighted by Gasteiger charge is 2.17. The molecular formula is C19H14N2O3. The van der Waals surface area contributed by atoms with Crippen molar-refractivity contribution in [3.8, 4) is 11.1 Å². The molecule has 5 heteroatoms. The third-order valence-electron chi connectivity index (χ3n) is 4.34. The molecule has 5 nitrogen and oxygen atoms in total. The van der Waals surface area contributed by atoms with E-state index in [0.29, 0.717) is 23.0 Å². The molecule has 1 amide bonds. The van der Waals surface area contributed by atoms with E-state index in [1.165, 1.54) is 12.3 Å². The smallest absolute Gasteiger partial charge is 0.336 e. The average molecular weight is 318 g/mol. The molecule has 0 unspecified atom stereocenters. The number of carboxylic acids is 1. The molecule has 0 fully saturated rings. The molecule has 1 aliphatic heterocycles. The molecule has 24 heavy (non-hydrogen) atoms. The van der Waals surface area contributed by atoms with E-state index in [1.807, 2.05) is 30.3 Å². The third-order valence-corrected chi connectivity index (χ3v) is 4.34. The summed E-state index contributed by atoms with van der Waals surface area (Å²) in [5.74, 6) is -1.05. The Morgan fingerprint density at radius 3 is 2.71 bits per heavy atom. The van der Waals surface area contributed by atoms with Gasteiger partial charge in [-0.1, -0.05) is 18.2 Å². The lowest BCUT2D eigenvalue weighted by Gasteiger charge is -2.17. The number of hydrogen-bond acceptors (Lipinski definition) is 3. The van der Waals surface area contributed by atoms with Crippen LogP contribution in [0.25, 0.3) is 22.0 Å². The molecule has 0 atom stereocenters. The molecule has 118 valence electrons. The number of hydrogen-bond donors (Lipinski definition) is 2. The number of carbonyl (C=O) groups excluding carboxylic acids is 1. The van der Waals surface area contributed by atoms with Crippen LogP contribution in [-0.2, 0) is 6.42 Å². The number of rotatable bonds is 2. The van der Waals surface area contributed by atoms with E-state index in [1.54, 1.807) is 6.07 Å². The SMILES string of the molecule is O=C1NCCc2ccc(-c3ccc4nccc(C(=O)O)c4c3)cc21. The minimum absolute atomic E-state index is 0.0632. The van der Waals surface area contributed by atoms with Crippen LogP contribution in [0.15, 0.2) is 48.7 Å². The Morgan fingerprint density at radius 2 is 1.88 bits per heavy atom. The quantitative estimate of drug-likeness (QED) is 0.761. The summed E-state index contributed by atoms with van der Waals surface area (Å²) < 4.78 is 0. The van der Waals surface area contributed by atoms with Gasteiger partial charge in [0.15, 0.2) is 0 Å². The lowest BCUT2D eigenvalue weighted by molar-refractivity contribution is 0.0698. The Hall–Kier alpha value is -3.21. The fourth-order valence-electron chi connectivity index (χ4n) is 3.10. The summed E-state index contributed by atoms with van der Waals surface area (Å²) in [6.07, 6.45) is 2.32. The minimum atomic E-state index is -0.982. The van der Waals surface area contributed by atoms with Crippen LogP contribution in [0.2, 0.25) is 0 Å².